The van der Waals surface area contributed by atoms with Crippen LogP contribution in [-0.4, -0.2) is 91.9 Å². The van der Waals surface area contributed by atoms with E-state index in [9.17, 15) is 4.79 Å². The second kappa shape index (κ2) is 32.2. The van der Waals surface area contributed by atoms with Crippen molar-refractivity contribution in [1.29, 1.82) is 0 Å². The molecule has 0 amide bonds. The maximum atomic E-state index is 11.2. The van der Waals surface area contributed by atoms with Crippen molar-refractivity contribution in [2.45, 2.75) is 90.9 Å². The molecule has 0 saturated carbocycles. The molecule has 226 valence electrons. The number of esters is 1. The van der Waals surface area contributed by atoms with E-state index in [1.807, 2.05) is 0 Å². The summed E-state index contributed by atoms with van der Waals surface area (Å²) in [4.78, 5) is 11.2. The molecular weight excluding hydrogens is 488 g/mol. The SMILES string of the molecule is C=C(C)C(=O)OCCOCCOCCOCCOCCOCCOCCCCCCCCCCCCCC. The van der Waals surface area contributed by atoms with E-state index in [1.165, 1.54) is 70.6 Å². The fourth-order valence-electron chi connectivity index (χ4n) is 3.56. The average molecular weight is 547 g/mol. The fourth-order valence-corrected chi connectivity index (χ4v) is 3.56. The van der Waals surface area contributed by atoms with Crippen molar-refractivity contribution >= 4 is 5.97 Å². The van der Waals surface area contributed by atoms with Crippen LogP contribution in [0.5, 0.6) is 0 Å². The van der Waals surface area contributed by atoms with Crippen LogP contribution in [0.1, 0.15) is 90.9 Å². The first-order valence-electron chi connectivity index (χ1n) is 15.0. The largest absolute Gasteiger partial charge is 0.460 e. The summed E-state index contributed by atoms with van der Waals surface area (Å²) >= 11 is 0. The Hall–Kier alpha value is -1.03. The minimum atomic E-state index is -0.400. The molecule has 0 N–H and O–H groups in total. The topological polar surface area (TPSA) is 81.7 Å². The summed E-state index contributed by atoms with van der Waals surface area (Å²) in [5.41, 5.74) is 0.382. The summed E-state index contributed by atoms with van der Waals surface area (Å²) in [6.45, 7) is 14.1. The maximum absolute atomic E-state index is 11.2. The van der Waals surface area contributed by atoms with Crippen molar-refractivity contribution in [2.75, 3.05) is 85.9 Å². The molecule has 0 aliphatic heterocycles. The van der Waals surface area contributed by atoms with E-state index in [1.54, 1.807) is 6.92 Å². The molecule has 0 atom stereocenters. The van der Waals surface area contributed by atoms with Crippen molar-refractivity contribution < 1.29 is 38.0 Å². The van der Waals surface area contributed by atoms with Gasteiger partial charge in [0.2, 0.25) is 0 Å². The Kier molecular flexibility index (Phi) is 31.3. The molecular formula is C30H58O8. The summed E-state index contributed by atoms with van der Waals surface area (Å²) < 4.78 is 37.7. The lowest BCUT2D eigenvalue weighted by Crippen LogP contribution is -2.15. The molecule has 0 heterocycles. The number of hydrogen-bond donors (Lipinski definition) is 0. The van der Waals surface area contributed by atoms with Gasteiger partial charge in [-0.25, -0.2) is 4.79 Å². The monoisotopic (exact) mass is 546 g/mol. The van der Waals surface area contributed by atoms with Crippen LogP contribution in [0.15, 0.2) is 12.2 Å². The molecule has 0 radical (unpaired) electrons. The van der Waals surface area contributed by atoms with E-state index in [-0.39, 0.29) is 6.61 Å². The van der Waals surface area contributed by atoms with Gasteiger partial charge < -0.3 is 33.2 Å². The molecule has 0 aromatic carbocycles. The smallest absolute Gasteiger partial charge is 0.333 e. The van der Waals surface area contributed by atoms with Gasteiger partial charge in [0.25, 0.3) is 0 Å². The highest BCUT2D eigenvalue weighted by molar-refractivity contribution is 5.86. The molecule has 0 fully saturated rings. The lowest BCUT2D eigenvalue weighted by molar-refractivity contribution is -0.140. The zero-order chi connectivity index (χ0) is 27.8. The van der Waals surface area contributed by atoms with Crippen LogP contribution >= 0.6 is 0 Å². The Bertz CT molecular complexity index is 501. The number of unbranched alkanes of at least 4 members (excludes halogenated alkanes) is 11. The fraction of sp³-hybridized carbons (Fsp3) is 0.900. The third kappa shape index (κ3) is 31.2. The maximum Gasteiger partial charge on any atom is 0.333 e. The Balaban J connectivity index is 3.06. The molecule has 8 heteroatoms. The molecule has 0 saturated heterocycles. The predicted molar refractivity (Wildman–Crippen MR) is 152 cm³/mol. The van der Waals surface area contributed by atoms with E-state index in [4.69, 9.17) is 33.2 Å². The molecule has 0 bridgehead atoms. The van der Waals surface area contributed by atoms with Crippen molar-refractivity contribution in [3.8, 4) is 0 Å². The molecule has 0 aromatic heterocycles. The first-order chi connectivity index (χ1) is 18.7. The van der Waals surface area contributed by atoms with Gasteiger partial charge in [0.1, 0.15) is 6.61 Å². The van der Waals surface area contributed by atoms with Crippen LogP contribution in [0.4, 0.5) is 0 Å². The first-order valence-corrected chi connectivity index (χ1v) is 15.0. The van der Waals surface area contributed by atoms with Crippen molar-refractivity contribution in [1.82, 2.24) is 0 Å². The number of hydrogen-bond acceptors (Lipinski definition) is 8. The van der Waals surface area contributed by atoms with Crippen molar-refractivity contribution in [2.24, 2.45) is 0 Å². The summed E-state index contributed by atoms with van der Waals surface area (Å²) in [5, 5.41) is 0. The lowest BCUT2D eigenvalue weighted by Gasteiger charge is -2.08. The van der Waals surface area contributed by atoms with E-state index >= 15 is 0 Å². The number of carbonyl (C=O) groups is 1. The van der Waals surface area contributed by atoms with Crippen LogP contribution in [-0.2, 0) is 38.0 Å². The normalized spacial score (nSPS) is 11.2. The quantitative estimate of drug-likeness (QED) is 0.0585. The van der Waals surface area contributed by atoms with Crippen molar-refractivity contribution in [3.63, 3.8) is 0 Å². The minimum Gasteiger partial charge on any atom is -0.460 e. The van der Waals surface area contributed by atoms with Crippen LogP contribution in [0.25, 0.3) is 0 Å². The van der Waals surface area contributed by atoms with Gasteiger partial charge in [0, 0.05) is 12.2 Å². The van der Waals surface area contributed by atoms with E-state index in [0.717, 1.165) is 13.0 Å². The highest BCUT2D eigenvalue weighted by Crippen LogP contribution is 2.11. The van der Waals surface area contributed by atoms with Crippen molar-refractivity contribution in [3.05, 3.63) is 12.2 Å². The molecule has 0 spiro atoms. The van der Waals surface area contributed by atoms with Gasteiger partial charge in [-0.1, -0.05) is 84.1 Å². The predicted octanol–water partition coefficient (Wildman–Crippen LogP) is 5.91. The third-order valence-corrected chi connectivity index (χ3v) is 5.81. The summed E-state index contributed by atoms with van der Waals surface area (Å²) in [6, 6.07) is 0. The van der Waals surface area contributed by atoms with Gasteiger partial charge in [-0.3, -0.25) is 0 Å². The second-order valence-electron chi connectivity index (χ2n) is 9.48. The molecule has 0 aliphatic rings. The molecule has 0 aromatic rings. The first kappa shape index (κ1) is 37.0. The Morgan fingerprint density at radius 2 is 0.737 bits per heavy atom. The third-order valence-electron chi connectivity index (χ3n) is 5.81. The number of carbonyl (C=O) groups excluding carboxylic acids is 1. The highest BCUT2D eigenvalue weighted by Gasteiger charge is 2.02. The Morgan fingerprint density at radius 3 is 1.08 bits per heavy atom. The summed E-state index contributed by atoms with van der Waals surface area (Å²) in [6.07, 6.45) is 16.3. The Labute approximate surface area is 233 Å². The standard InChI is InChI=1S/C30H58O8/c1-4-5-6-7-8-9-10-11-12-13-14-15-16-32-17-18-33-19-20-34-21-22-35-23-24-36-25-26-37-27-28-38-30(31)29(2)3/h2,4-28H2,1,3H3. The van der Waals surface area contributed by atoms with Gasteiger partial charge in [0.15, 0.2) is 0 Å². The number of ether oxygens (including phenoxy) is 7. The average Bonchev–Trinajstić information content (AvgIpc) is 2.91. The summed E-state index contributed by atoms with van der Waals surface area (Å²) in [5.74, 6) is -0.400. The van der Waals surface area contributed by atoms with E-state index < -0.39 is 5.97 Å². The van der Waals surface area contributed by atoms with Gasteiger partial charge >= 0.3 is 5.97 Å². The van der Waals surface area contributed by atoms with Crippen LogP contribution in [0.2, 0.25) is 0 Å². The lowest BCUT2D eigenvalue weighted by atomic mass is 10.1. The van der Waals surface area contributed by atoms with Crippen LogP contribution in [0.3, 0.4) is 0 Å². The molecule has 0 aliphatic carbocycles. The summed E-state index contributed by atoms with van der Waals surface area (Å²) in [7, 11) is 0. The molecule has 8 nitrogen and oxygen atoms in total. The minimum absolute atomic E-state index is 0.215. The highest BCUT2D eigenvalue weighted by atomic mass is 16.6. The van der Waals surface area contributed by atoms with Crippen LogP contribution < -0.4 is 0 Å². The van der Waals surface area contributed by atoms with Gasteiger partial charge in [0.05, 0.1) is 72.7 Å². The molecule has 0 rings (SSSR count). The molecule has 0 unspecified atom stereocenters. The zero-order valence-corrected chi connectivity index (χ0v) is 24.7. The Morgan fingerprint density at radius 1 is 0.447 bits per heavy atom. The van der Waals surface area contributed by atoms with Gasteiger partial charge in [-0.05, 0) is 13.3 Å². The van der Waals surface area contributed by atoms with E-state index in [2.05, 4.69) is 13.5 Å². The van der Waals surface area contributed by atoms with Gasteiger partial charge in [-0.2, -0.15) is 0 Å². The second-order valence-corrected chi connectivity index (χ2v) is 9.48. The van der Waals surface area contributed by atoms with Gasteiger partial charge in [-0.15, -0.1) is 0 Å². The molecule has 38 heavy (non-hydrogen) atoms. The zero-order valence-electron chi connectivity index (χ0n) is 24.7. The number of rotatable bonds is 32. The van der Waals surface area contributed by atoms with Crippen LogP contribution in [0, 0.1) is 0 Å². The van der Waals surface area contributed by atoms with E-state index in [0.29, 0.717) is 78.2 Å².